The number of aliphatic hydroxyl groups excluding tert-OH is 3. The highest BCUT2D eigenvalue weighted by Gasteiger charge is 2.44. The normalized spacial score (nSPS) is 34.0. The fourth-order valence-corrected chi connectivity index (χ4v) is 1.77. The lowest BCUT2D eigenvalue weighted by atomic mass is 9.88. The number of aliphatic hydroxyl groups is 3. The lowest BCUT2D eigenvalue weighted by molar-refractivity contribution is 0.00861. The summed E-state index contributed by atoms with van der Waals surface area (Å²) in [6, 6.07) is 0. The largest absolute Gasteiger partial charge is 0.396 e. The molecule has 4 heteroatoms. The molecule has 0 aromatic carbocycles. The van der Waals surface area contributed by atoms with Gasteiger partial charge in [-0.2, -0.15) is 0 Å². The van der Waals surface area contributed by atoms with Crippen LogP contribution >= 0.6 is 0 Å². The second-order valence-electron chi connectivity index (χ2n) is 3.57. The molecule has 12 heavy (non-hydrogen) atoms. The van der Waals surface area contributed by atoms with E-state index in [9.17, 15) is 5.11 Å². The summed E-state index contributed by atoms with van der Waals surface area (Å²) in [5, 5.41) is 27.5. The number of hydrogen-bond acceptors (Lipinski definition) is 4. The van der Waals surface area contributed by atoms with Crippen molar-refractivity contribution in [2.24, 2.45) is 5.41 Å². The first-order valence-corrected chi connectivity index (χ1v) is 4.10. The lowest BCUT2D eigenvalue weighted by Crippen LogP contribution is -2.27. The molecule has 0 aliphatic heterocycles. The van der Waals surface area contributed by atoms with Gasteiger partial charge in [0, 0.05) is 12.5 Å². The van der Waals surface area contributed by atoms with E-state index in [0.717, 1.165) is 0 Å². The zero-order valence-corrected chi connectivity index (χ0v) is 7.23. The second-order valence-corrected chi connectivity index (χ2v) is 3.57. The molecule has 1 saturated carbocycles. The molecule has 0 bridgehead atoms. The summed E-state index contributed by atoms with van der Waals surface area (Å²) >= 11 is 0. The molecule has 0 amide bonds. The number of hydrogen-bond donors (Lipinski definition) is 3. The molecule has 3 N–H and O–H groups in total. The minimum absolute atomic E-state index is 0.0968. The molecule has 2 atom stereocenters. The van der Waals surface area contributed by atoms with Crippen LogP contribution in [-0.2, 0) is 4.74 Å². The summed E-state index contributed by atoms with van der Waals surface area (Å²) in [5.74, 6) is 0. The van der Waals surface area contributed by atoms with E-state index in [1.807, 2.05) is 0 Å². The predicted molar refractivity (Wildman–Crippen MR) is 42.6 cm³/mol. The summed E-state index contributed by atoms with van der Waals surface area (Å²) in [4.78, 5) is 0. The van der Waals surface area contributed by atoms with E-state index in [1.54, 1.807) is 0 Å². The van der Waals surface area contributed by atoms with Gasteiger partial charge >= 0.3 is 0 Å². The molecule has 0 radical (unpaired) electrons. The Labute approximate surface area is 71.8 Å². The van der Waals surface area contributed by atoms with Gasteiger partial charge in [-0.1, -0.05) is 0 Å². The van der Waals surface area contributed by atoms with Crippen LogP contribution in [0.1, 0.15) is 12.8 Å². The highest BCUT2D eigenvalue weighted by Crippen LogP contribution is 2.38. The molecule has 0 spiro atoms. The molecule has 1 aliphatic rings. The summed E-state index contributed by atoms with van der Waals surface area (Å²) < 4.78 is 5.01. The monoisotopic (exact) mass is 176 g/mol. The quantitative estimate of drug-likeness (QED) is 0.522. The zero-order chi connectivity index (χ0) is 9.19. The van der Waals surface area contributed by atoms with Crippen LogP contribution in [0.3, 0.4) is 0 Å². The number of rotatable bonds is 3. The van der Waals surface area contributed by atoms with Crippen molar-refractivity contribution in [3.63, 3.8) is 0 Å². The van der Waals surface area contributed by atoms with Gasteiger partial charge < -0.3 is 20.1 Å². The van der Waals surface area contributed by atoms with E-state index < -0.39 is 11.5 Å². The van der Waals surface area contributed by atoms with Crippen LogP contribution in [0.25, 0.3) is 0 Å². The highest BCUT2D eigenvalue weighted by molar-refractivity contribution is 4.94. The third-order valence-corrected chi connectivity index (χ3v) is 2.68. The van der Waals surface area contributed by atoms with Crippen LogP contribution in [-0.4, -0.2) is 47.9 Å². The fraction of sp³-hybridized carbons (Fsp3) is 1.00. The van der Waals surface area contributed by atoms with Crippen molar-refractivity contribution in [2.75, 3.05) is 20.3 Å². The van der Waals surface area contributed by atoms with Crippen LogP contribution in [0.2, 0.25) is 0 Å². The van der Waals surface area contributed by atoms with Gasteiger partial charge in [0.2, 0.25) is 0 Å². The molecular formula is C8H16O4. The van der Waals surface area contributed by atoms with Crippen molar-refractivity contribution >= 4 is 0 Å². The van der Waals surface area contributed by atoms with Crippen molar-refractivity contribution in [2.45, 2.75) is 25.0 Å². The van der Waals surface area contributed by atoms with E-state index in [0.29, 0.717) is 12.8 Å². The van der Waals surface area contributed by atoms with Gasteiger partial charge in [-0.15, -0.1) is 0 Å². The van der Waals surface area contributed by atoms with Gasteiger partial charge in [-0.05, 0) is 12.8 Å². The minimum atomic E-state index is -0.561. The van der Waals surface area contributed by atoms with E-state index in [-0.39, 0.29) is 19.3 Å². The Morgan fingerprint density at radius 2 is 1.92 bits per heavy atom. The maximum absolute atomic E-state index is 9.44. The third kappa shape index (κ3) is 1.61. The Morgan fingerprint density at radius 3 is 2.17 bits per heavy atom. The van der Waals surface area contributed by atoms with E-state index >= 15 is 0 Å². The third-order valence-electron chi connectivity index (χ3n) is 2.68. The molecule has 1 aliphatic carbocycles. The van der Waals surface area contributed by atoms with Gasteiger partial charge in [0.15, 0.2) is 0 Å². The van der Waals surface area contributed by atoms with Gasteiger partial charge in [-0.25, -0.2) is 0 Å². The van der Waals surface area contributed by atoms with Crippen molar-refractivity contribution in [3.8, 4) is 0 Å². The fourth-order valence-electron chi connectivity index (χ4n) is 1.77. The standard InChI is InChI=1S/C8H16O4/c1-12-7-3-8(4-9,5-10)2-6(7)11/h6-7,9-11H,2-5H2,1H3/t6-,7-/m1/s1. The Hall–Kier alpha value is -0.160. The summed E-state index contributed by atoms with van der Waals surface area (Å²) in [6.07, 6.45) is 0.134. The van der Waals surface area contributed by atoms with Crippen molar-refractivity contribution in [1.29, 1.82) is 0 Å². The van der Waals surface area contributed by atoms with Crippen LogP contribution in [0.4, 0.5) is 0 Å². The first-order valence-electron chi connectivity index (χ1n) is 4.10. The molecule has 1 rings (SSSR count). The van der Waals surface area contributed by atoms with Crippen LogP contribution < -0.4 is 0 Å². The average molecular weight is 176 g/mol. The summed E-state index contributed by atoms with van der Waals surface area (Å²) in [5.41, 5.74) is -0.542. The summed E-state index contributed by atoms with van der Waals surface area (Å²) in [6.45, 7) is -0.194. The van der Waals surface area contributed by atoms with E-state index in [1.165, 1.54) is 7.11 Å². The molecule has 0 saturated heterocycles. The van der Waals surface area contributed by atoms with Crippen molar-refractivity contribution in [1.82, 2.24) is 0 Å². The Morgan fingerprint density at radius 1 is 1.33 bits per heavy atom. The van der Waals surface area contributed by atoms with Gasteiger partial charge in [0.05, 0.1) is 25.4 Å². The molecular weight excluding hydrogens is 160 g/mol. The number of ether oxygens (including phenoxy) is 1. The maximum Gasteiger partial charge on any atom is 0.0837 e. The van der Waals surface area contributed by atoms with Gasteiger partial charge in [0.1, 0.15) is 0 Å². The lowest BCUT2D eigenvalue weighted by Gasteiger charge is -2.22. The molecule has 0 unspecified atom stereocenters. The minimum Gasteiger partial charge on any atom is -0.396 e. The molecule has 4 nitrogen and oxygen atoms in total. The highest BCUT2D eigenvalue weighted by atomic mass is 16.5. The van der Waals surface area contributed by atoms with E-state index in [2.05, 4.69) is 0 Å². The van der Waals surface area contributed by atoms with Gasteiger partial charge in [-0.3, -0.25) is 0 Å². The van der Waals surface area contributed by atoms with Gasteiger partial charge in [0.25, 0.3) is 0 Å². The predicted octanol–water partition coefficient (Wildman–Crippen LogP) is -0.873. The Bertz CT molecular complexity index is 144. The molecule has 0 heterocycles. The molecule has 0 aromatic heterocycles. The van der Waals surface area contributed by atoms with Crippen LogP contribution in [0.15, 0.2) is 0 Å². The molecule has 1 fully saturated rings. The molecule has 0 aromatic rings. The smallest absolute Gasteiger partial charge is 0.0837 e. The first-order chi connectivity index (χ1) is 5.67. The molecule has 72 valence electrons. The number of methoxy groups -OCH3 is 1. The van der Waals surface area contributed by atoms with Crippen molar-refractivity contribution in [3.05, 3.63) is 0 Å². The second kappa shape index (κ2) is 3.70. The van der Waals surface area contributed by atoms with Crippen LogP contribution in [0, 0.1) is 5.41 Å². The Kier molecular flexibility index (Phi) is 3.06. The summed E-state index contributed by atoms with van der Waals surface area (Å²) in [7, 11) is 1.53. The first kappa shape index (κ1) is 9.92. The van der Waals surface area contributed by atoms with Crippen LogP contribution in [0.5, 0.6) is 0 Å². The maximum atomic E-state index is 9.44. The van der Waals surface area contributed by atoms with E-state index in [4.69, 9.17) is 14.9 Å². The Balaban J connectivity index is 2.61. The SMILES string of the molecule is CO[C@@H]1CC(CO)(CO)C[C@H]1O. The zero-order valence-electron chi connectivity index (χ0n) is 7.23. The average Bonchev–Trinajstić information content (AvgIpc) is 2.43. The van der Waals surface area contributed by atoms with Crippen molar-refractivity contribution < 1.29 is 20.1 Å². The topological polar surface area (TPSA) is 69.9 Å².